The number of ether oxygens (including phenoxy) is 7. The van der Waals surface area contributed by atoms with Crippen LogP contribution >= 0.6 is 0 Å². The third kappa shape index (κ3) is 12.1. The number of hydrogen-bond donors (Lipinski definition) is 1. The molecule has 4 aliphatic carbocycles. The fourth-order valence-electron chi connectivity index (χ4n) is 10.0. The Morgan fingerprint density at radius 2 is 0.740 bits per heavy atom. The van der Waals surface area contributed by atoms with Crippen molar-refractivity contribution in [2.75, 3.05) is 46.2 Å². The van der Waals surface area contributed by atoms with Crippen molar-refractivity contribution in [2.24, 2.45) is 34.5 Å². The first kappa shape index (κ1) is 39.4. The molecule has 0 aromatic carbocycles. The van der Waals surface area contributed by atoms with E-state index in [1.54, 1.807) is 0 Å². The maximum atomic E-state index is 10.7. The molecule has 8 nitrogen and oxygen atoms in total. The molecule has 3 aliphatic heterocycles. The van der Waals surface area contributed by atoms with Gasteiger partial charge in [-0.1, -0.05) is 27.7 Å². The van der Waals surface area contributed by atoms with E-state index < -0.39 is 6.10 Å². The van der Waals surface area contributed by atoms with E-state index in [-0.39, 0.29) is 12.2 Å². The van der Waals surface area contributed by atoms with Crippen molar-refractivity contribution in [1.29, 1.82) is 0 Å². The molecular formula is C42H74O8. The van der Waals surface area contributed by atoms with Gasteiger partial charge in [0.2, 0.25) is 0 Å². The van der Waals surface area contributed by atoms with Crippen LogP contribution < -0.4 is 0 Å². The molecule has 3 atom stereocenters. The van der Waals surface area contributed by atoms with Crippen LogP contribution in [0.5, 0.6) is 0 Å². The summed E-state index contributed by atoms with van der Waals surface area (Å²) in [5.74, 6) is 3.11. The summed E-state index contributed by atoms with van der Waals surface area (Å²) in [5.41, 5.74) is 0.744. The van der Waals surface area contributed by atoms with Gasteiger partial charge >= 0.3 is 0 Å². The highest BCUT2D eigenvalue weighted by Gasteiger charge is 2.42. The summed E-state index contributed by atoms with van der Waals surface area (Å²) < 4.78 is 40.0. The third-order valence-corrected chi connectivity index (χ3v) is 14.3. The lowest BCUT2D eigenvalue weighted by atomic mass is 9.60. The van der Waals surface area contributed by atoms with E-state index in [1.807, 2.05) is 0 Å². The fraction of sp³-hybridized carbons (Fsp3) is 1.00. The minimum absolute atomic E-state index is 0.280. The quantitative estimate of drug-likeness (QED) is 0.162. The van der Waals surface area contributed by atoms with Gasteiger partial charge in [0.05, 0.1) is 76.8 Å². The fourth-order valence-corrected chi connectivity index (χ4v) is 10.0. The van der Waals surface area contributed by atoms with Gasteiger partial charge in [-0.3, -0.25) is 0 Å². The van der Waals surface area contributed by atoms with Gasteiger partial charge < -0.3 is 38.3 Å². The summed E-state index contributed by atoms with van der Waals surface area (Å²) in [7, 11) is 0. The minimum atomic E-state index is -0.531. The van der Waals surface area contributed by atoms with Gasteiger partial charge in [-0.15, -0.1) is 0 Å². The Hall–Kier alpha value is -0.320. The molecule has 4 saturated carbocycles. The summed E-state index contributed by atoms with van der Waals surface area (Å²) in [6.07, 6.45) is 21.6. The summed E-state index contributed by atoms with van der Waals surface area (Å²) in [5, 5.41) is 10.7. The molecule has 50 heavy (non-hydrogen) atoms. The van der Waals surface area contributed by atoms with Crippen LogP contribution in [0.2, 0.25) is 0 Å². The molecule has 0 bridgehead atoms. The zero-order valence-corrected chi connectivity index (χ0v) is 32.5. The van der Waals surface area contributed by atoms with Gasteiger partial charge in [0.15, 0.2) is 0 Å². The molecule has 1 N–H and O–H groups in total. The van der Waals surface area contributed by atoms with Crippen molar-refractivity contribution in [2.45, 2.75) is 186 Å². The zero-order valence-electron chi connectivity index (χ0n) is 32.5. The molecule has 0 spiro atoms. The molecular weight excluding hydrogens is 632 g/mol. The van der Waals surface area contributed by atoms with Gasteiger partial charge in [-0.05, 0) is 144 Å². The van der Waals surface area contributed by atoms with Crippen molar-refractivity contribution in [3.63, 3.8) is 0 Å². The van der Waals surface area contributed by atoms with Gasteiger partial charge in [0.25, 0.3) is 0 Å². The lowest BCUT2D eigenvalue weighted by Gasteiger charge is -2.46. The highest BCUT2D eigenvalue weighted by molar-refractivity contribution is 4.93. The van der Waals surface area contributed by atoms with Crippen LogP contribution in [-0.4, -0.2) is 100 Å². The standard InChI is InChI=1S/C39H68O7.C3H6O/c1-38(2,29-9-17-34(18-10-29)43-23-36-25-45-36)27-5-13-32(14-6-27)41-21-31(40)22-42-33-15-7-28(8-16-33)39(3,4)30-11-19-35(20-12-30)44-24-37-26-46-37;1-3-2-4-3/h27-37,40H,5-26H2,1-4H3;3H,2H2,1H3. The lowest BCUT2D eigenvalue weighted by Crippen LogP contribution is -2.40. The molecule has 3 saturated heterocycles. The maximum Gasteiger partial charge on any atom is 0.104 e. The van der Waals surface area contributed by atoms with Crippen LogP contribution in [0.15, 0.2) is 0 Å². The molecule has 7 fully saturated rings. The Morgan fingerprint density at radius 3 is 0.980 bits per heavy atom. The van der Waals surface area contributed by atoms with Gasteiger partial charge in [0.1, 0.15) is 18.3 Å². The molecule has 290 valence electrons. The Labute approximate surface area is 304 Å². The molecule has 8 heteroatoms. The van der Waals surface area contributed by atoms with E-state index in [9.17, 15) is 5.11 Å². The van der Waals surface area contributed by atoms with Gasteiger partial charge in [-0.2, -0.15) is 0 Å². The van der Waals surface area contributed by atoms with Crippen LogP contribution in [0.1, 0.15) is 137 Å². The van der Waals surface area contributed by atoms with Crippen LogP contribution in [0, 0.1) is 34.5 Å². The molecule has 7 aliphatic rings. The minimum Gasteiger partial charge on any atom is -0.388 e. The van der Waals surface area contributed by atoms with Crippen LogP contribution in [0.25, 0.3) is 0 Å². The molecule has 7 rings (SSSR count). The zero-order chi connectivity index (χ0) is 35.1. The second-order valence-electron chi connectivity index (χ2n) is 18.6. The van der Waals surface area contributed by atoms with E-state index in [4.69, 9.17) is 33.2 Å². The first-order chi connectivity index (χ1) is 24.1. The number of rotatable bonds is 16. The van der Waals surface area contributed by atoms with E-state index in [2.05, 4.69) is 34.6 Å². The predicted octanol–water partition coefficient (Wildman–Crippen LogP) is 7.90. The van der Waals surface area contributed by atoms with Gasteiger partial charge in [0, 0.05) is 0 Å². The summed E-state index contributed by atoms with van der Waals surface area (Å²) in [6, 6.07) is 0. The largest absolute Gasteiger partial charge is 0.388 e. The summed E-state index contributed by atoms with van der Waals surface area (Å²) >= 11 is 0. The number of aliphatic hydroxyl groups is 1. The Morgan fingerprint density at radius 1 is 0.480 bits per heavy atom. The molecule has 0 amide bonds. The Balaban J connectivity index is 0.00000101. The lowest BCUT2D eigenvalue weighted by molar-refractivity contribution is -0.0879. The second kappa shape index (κ2) is 18.3. The Bertz CT molecular complexity index is 888. The molecule has 0 aromatic rings. The second-order valence-corrected chi connectivity index (χ2v) is 18.6. The van der Waals surface area contributed by atoms with Crippen molar-refractivity contribution >= 4 is 0 Å². The van der Waals surface area contributed by atoms with E-state index >= 15 is 0 Å². The highest BCUT2D eigenvalue weighted by atomic mass is 16.6. The van der Waals surface area contributed by atoms with E-state index in [0.717, 1.165) is 82.4 Å². The topological polar surface area (TPSA) is 94.7 Å². The number of aliphatic hydroxyl groups excluding tert-OH is 1. The van der Waals surface area contributed by atoms with Crippen molar-refractivity contribution in [1.82, 2.24) is 0 Å². The normalized spacial score (nSPS) is 39.6. The molecule has 3 unspecified atom stereocenters. The number of epoxide rings is 3. The summed E-state index contributed by atoms with van der Waals surface area (Å²) in [4.78, 5) is 0. The van der Waals surface area contributed by atoms with Crippen LogP contribution in [0.3, 0.4) is 0 Å². The molecule has 0 radical (unpaired) electrons. The SMILES string of the molecule is CC(C)(C1CCC(OCC(O)COC2CCC(C(C)(C)C3CCC(OCC4CO4)CC3)CC2)CC1)C1CCC(OCC2CO2)CC1.CC1CO1. The first-order valence-electron chi connectivity index (χ1n) is 21.1. The number of hydrogen-bond acceptors (Lipinski definition) is 8. The summed E-state index contributed by atoms with van der Waals surface area (Å²) in [6.45, 7) is 17.3. The van der Waals surface area contributed by atoms with E-state index in [1.165, 1.54) is 77.0 Å². The van der Waals surface area contributed by atoms with Crippen molar-refractivity contribution in [3.05, 3.63) is 0 Å². The first-order valence-corrected chi connectivity index (χ1v) is 21.1. The average molecular weight is 707 g/mol. The molecule has 0 aromatic heterocycles. The third-order valence-electron chi connectivity index (χ3n) is 14.3. The van der Waals surface area contributed by atoms with E-state index in [0.29, 0.717) is 54.6 Å². The van der Waals surface area contributed by atoms with Crippen molar-refractivity contribution < 1.29 is 38.3 Å². The predicted molar refractivity (Wildman–Crippen MR) is 195 cm³/mol. The van der Waals surface area contributed by atoms with Crippen LogP contribution in [-0.2, 0) is 33.2 Å². The van der Waals surface area contributed by atoms with Crippen molar-refractivity contribution in [3.8, 4) is 0 Å². The highest BCUT2D eigenvalue weighted by Crippen LogP contribution is 2.50. The maximum absolute atomic E-state index is 10.7. The monoisotopic (exact) mass is 707 g/mol. The smallest absolute Gasteiger partial charge is 0.104 e. The molecule has 3 heterocycles. The van der Waals surface area contributed by atoms with Gasteiger partial charge in [-0.25, -0.2) is 0 Å². The average Bonchev–Trinajstić information content (AvgIpc) is 3.99. The van der Waals surface area contributed by atoms with Crippen LogP contribution in [0.4, 0.5) is 0 Å². The Kier molecular flexibility index (Phi) is 14.4.